The quantitative estimate of drug-likeness (QED) is 0.549. The van der Waals surface area contributed by atoms with Crippen LogP contribution in [0.2, 0.25) is 5.02 Å². The van der Waals surface area contributed by atoms with E-state index in [0.29, 0.717) is 17.2 Å². The molecular formula is C17H12ClFN4O3. The van der Waals surface area contributed by atoms with Gasteiger partial charge in [-0.15, -0.1) is 0 Å². The predicted molar refractivity (Wildman–Crippen MR) is 94.3 cm³/mol. The maximum atomic E-state index is 13.9. The monoisotopic (exact) mass is 374 g/mol. The highest BCUT2D eigenvalue weighted by molar-refractivity contribution is 6.31. The first-order valence-electron chi connectivity index (χ1n) is 7.43. The molecule has 0 fully saturated rings. The van der Waals surface area contributed by atoms with Gasteiger partial charge in [0.1, 0.15) is 11.6 Å². The fourth-order valence-electron chi connectivity index (χ4n) is 2.36. The standard InChI is InChI=1S/C17H12ClFN4O3/c1-10-8-16(20-17(24)14-9-11(18)2-7-15(14)19)22(21-10)12-3-5-13(6-4-12)23(25)26/h2-9H,1H3,(H,20,24). The third-order valence-electron chi connectivity index (χ3n) is 3.55. The molecule has 0 saturated carbocycles. The molecule has 0 aliphatic rings. The highest BCUT2D eigenvalue weighted by Gasteiger charge is 2.16. The Morgan fingerprint density at radius 1 is 1.23 bits per heavy atom. The zero-order chi connectivity index (χ0) is 18.8. The van der Waals surface area contributed by atoms with Crippen molar-refractivity contribution in [3.8, 4) is 5.69 Å². The fourth-order valence-corrected chi connectivity index (χ4v) is 2.53. The number of benzene rings is 2. The van der Waals surface area contributed by atoms with E-state index in [2.05, 4.69) is 10.4 Å². The smallest absolute Gasteiger partial charge is 0.269 e. The largest absolute Gasteiger partial charge is 0.306 e. The minimum absolute atomic E-state index is 0.0655. The second-order valence-electron chi connectivity index (χ2n) is 5.43. The number of nitro groups is 1. The van der Waals surface area contributed by atoms with E-state index in [4.69, 9.17) is 11.6 Å². The number of halogens is 2. The first kappa shape index (κ1) is 17.6. The number of rotatable bonds is 4. The van der Waals surface area contributed by atoms with Gasteiger partial charge in [-0.05, 0) is 37.3 Å². The minimum atomic E-state index is -0.704. The van der Waals surface area contributed by atoms with Crippen LogP contribution in [0.5, 0.6) is 0 Å². The molecule has 3 rings (SSSR count). The summed E-state index contributed by atoms with van der Waals surface area (Å²) in [7, 11) is 0. The molecule has 0 saturated heterocycles. The van der Waals surface area contributed by atoms with Gasteiger partial charge in [-0.1, -0.05) is 11.6 Å². The molecule has 2 aromatic carbocycles. The van der Waals surface area contributed by atoms with Crippen LogP contribution in [0.3, 0.4) is 0 Å². The van der Waals surface area contributed by atoms with Gasteiger partial charge < -0.3 is 5.32 Å². The van der Waals surface area contributed by atoms with Gasteiger partial charge in [-0.3, -0.25) is 14.9 Å². The number of carbonyl (C=O) groups is 1. The Hall–Kier alpha value is -3.26. The average Bonchev–Trinajstić information content (AvgIpc) is 2.97. The summed E-state index contributed by atoms with van der Waals surface area (Å²) in [5, 5.41) is 17.8. The molecule has 0 spiro atoms. The molecule has 0 radical (unpaired) electrons. The number of nitro benzene ring substituents is 1. The van der Waals surface area contributed by atoms with Gasteiger partial charge in [0.15, 0.2) is 0 Å². The lowest BCUT2D eigenvalue weighted by Crippen LogP contribution is -2.16. The Kier molecular flexibility index (Phi) is 4.68. The Morgan fingerprint density at radius 2 is 1.92 bits per heavy atom. The van der Waals surface area contributed by atoms with Crippen molar-refractivity contribution in [2.45, 2.75) is 6.92 Å². The Morgan fingerprint density at radius 3 is 2.58 bits per heavy atom. The van der Waals surface area contributed by atoms with Crippen molar-refractivity contribution in [3.05, 3.63) is 80.7 Å². The Bertz CT molecular complexity index is 1000. The van der Waals surface area contributed by atoms with E-state index in [1.165, 1.54) is 41.1 Å². The van der Waals surface area contributed by atoms with Crippen LogP contribution in [0, 0.1) is 22.9 Å². The lowest BCUT2D eigenvalue weighted by atomic mass is 10.2. The van der Waals surface area contributed by atoms with Crippen molar-refractivity contribution in [1.82, 2.24) is 9.78 Å². The van der Waals surface area contributed by atoms with E-state index < -0.39 is 16.6 Å². The van der Waals surface area contributed by atoms with Crippen molar-refractivity contribution in [2.24, 2.45) is 0 Å². The molecule has 0 atom stereocenters. The number of aryl methyl sites for hydroxylation is 1. The topological polar surface area (TPSA) is 90.1 Å². The molecule has 26 heavy (non-hydrogen) atoms. The summed E-state index contributed by atoms with van der Waals surface area (Å²) in [6.45, 7) is 1.72. The summed E-state index contributed by atoms with van der Waals surface area (Å²) in [5.74, 6) is -1.10. The number of hydrogen-bond donors (Lipinski definition) is 1. The van der Waals surface area contributed by atoms with Crippen molar-refractivity contribution in [1.29, 1.82) is 0 Å². The molecule has 3 aromatic rings. The van der Waals surface area contributed by atoms with Crippen LogP contribution in [0.25, 0.3) is 5.69 Å². The van der Waals surface area contributed by atoms with E-state index in [-0.39, 0.29) is 16.3 Å². The van der Waals surface area contributed by atoms with E-state index in [9.17, 15) is 19.3 Å². The second-order valence-corrected chi connectivity index (χ2v) is 5.87. The molecule has 1 aromatic heterocycles. The summed E-state index contributed by atoms with van der Waals surface area (Å²) >= 11 is 5.82. The van der Waals surface area contributed by atoms with Gasteiger partial charge in [-0.2, -0.15) is 5.10 Å². The number of anilines is 1. The zero-order valence-corrected chi connectivity index (χ0v) is 14.2. The van der Waals surface area contributed by atoms with E-state index in [0.717, 1.165) is 6.07 Å². The average molecular weight is 375 g/mol. The van der Waals surface area contributed by atoms with Gasteiger partial charge in [0.05, 0.1) is 21.9 Å². The third-order valence-corrected chi connectivity index (χ3v) is 3.79. The number of nitrogens with one attached hydrogen (secondary N) is 1. The first-order valence-corrected chi connectivity index (χ1v) is 7.81. The molecule has 1 amide bonds. The fraction of sp³-hybridized carbons (Fsp3) is 0.0588. The Labute approximate surface area is 152 Å². The molecular weight excluding hydrogens is 363 g/mol. The number of aromatic nitrogens is 2. The Balaban J connectivity index is 1.93. The summed E-state index contributed by atoms with van der Waals surface area (Å²) in [6.07, 6.45) is 0. The van der Waals surface area contributed by atoms with Crippen LogP contribution in [-0.2, 0) is 0 Å². The summed E-state index contributed by atoms with van der Waals surface area (Å²) in [5.41, 5.74) is 0.839. The van der Waals surface area contributed by atoms with Crippen LogP contribution in [0.4, 0.5) is 15.9 Å². The van der Waals surface area contributed by atoms with E-state index >= 15 is 0 Å². The number of amides is 1. The molecule has 1 heterocycles. The molecule has 1 N–H and O–H groups in total. The van der Waals surface area contributed by atoms with Crippen molar-refractivity contribution < 1.29 is 14.1 Å². The first-order chi connectivity index (χ1) is 12.3. The van der Waals surface area contributed by atoms with E-state index in [1.54, 1.807) is 13.0 Å². The van der Waals surface area contributed by atoms with Gasteiger partial charge in [0, 0.05) is 23.2 Å². The van der Waals surface area contributed by atoms with Crippen molar-refractivity contribution >= 4 is 29.0 Å². The lowest BCUT2D eigenvalue weighted by Gasteiger charge is -2.09. The zero-order valence-electron chi connectivity index (χ0n) is 13.4. The SMILES string of the molecule is Cc1cc(NC(=O)c2cc(Cl)ccc2F)n(-c2ccc([N+](=O)[O-])cc2)n1. The molecule has 0 aliphatic carbocycles. The van der Waals surface area contributed by atoms with Crippen LogP contribution >= 0.6 is 11.6 Å². The van der Waals surface area contributed by atoms with E-state index in [1.807, 2.05) is 0 Å². The van der Waals surface area contributed by atoms with Crippen molar-refractivity contribution in [2.75, 3.05) is 5.32 Å². The molecule has 0 bridgehead atoms. The number of non-ortho nitro benzene ring substituents is 1. The van der Waals surface area contributed by atoms with Gasteiger partial charge in [0.25, 0.3) is 11.6 Å². The number of hydrogen-bond acceptors (Lipinski definition) is 4. The summed E-state index contributed by atoms with van der Waals surface area (Å²) in [6, 6.07) is 10.9. The van der Waals surface area contributed by atoms with Crippen LogP contribution < -0.4 is 5.32 Å². The van der Waals surface area contributed by atoms with Gasteiger partial charge >= 0.3 is 0 Å². The number of nitrogens with zero attached hydrogens (tertiary/aromatic N) is 3. The highest BCUT2D eigenvalue weighted by atomic mass is 35.5. The molecule has 0 aliphatic heterocycles. The maximum absolute atomic E-state index is 13.9. The second kappa shape index (κ2) is 6.93. The molecule has 9 heteroatoms. The normalized spacial score (nSPS) is 10.6. The van der Waals surface area contributed by atoms with Crippen LogP contribution in [0.1, 0.15) is 16.1 Å². The molecule has 132 valence electrons. The maximum Gasteiger partial charge on any atom is 0.269 e. The van der Waals surface area contributed by atoms with Crippen molar-refractivity contribution in [3.63, 3.8) is 0 Å². The predicted octanol–water partition coefficient (Wildman–Crippen LogP) is 4.13. The number of carbonyl (C=O) groups excluding carboxylic acids is 1. The minimum Gasteiger partial charge on any atom is -0.306 e. The highest BCUT2D eigenvalue weighted by Crippen LogP contribution is 2.22. The summed E-state index contributed by atoms with van der Waals surface area (Å²) in [4.78, 5) is 22.6. The third kappa shape index (κ3) is 3.55. The molecule has 0 unspecified atom stereocenters. The summed E-state index contributed by atoms with van der Waals surface area (Å²) < 4.78 is 15.3. The van der Waals surface area contributed by atoms with Crippen LogP contribution in [-0.4, -0.2) is 20.6 Å². The lowest BCUT2D eigenvalue weighted by molar-refractivity contribution is -0.384. The van der Waals surface area contributed by atoms with Crippen LogP contribution in [0.15, 0.2) is 48.5 Å². The van der Waals surface area contributed by atoms with Gasteiger partial charge in [-0.25, -0.2) is 9.07 Å². The molecule has 7 nitrogen and oxygen atoms in total. The van der Waals surface area contributed by atoms with Gasteiger partial charge in [0.2, 0.25) is 0 Å².